The smallest absolute Gasteiger partial charge is 0.287 e. The van der Waals surface area contributed by atoms with Crippen LogP contribution >= 0.6 is 23.8 Å². The van der Waals surface area contributed by atoms with Crippen LogP contribution in [-0.4, -0.2) is 24.3 Å². The first kappa shape index (κ1) is 18.2. The molecule has 0 aliphatic rings. The lowest BCUT2D eigenvalue weighted by molar-refractivity contribution is 0.611. The van der Waals surface area contributed by atoms with Gasteiger partial charge in [-0.15, -0.1) is 6.58 Å². The van der Waals surface area contributed by atoms with Crippen LogP contribution < -0.4 is 15.4 Å². The van der Waals surface area contributed by atoms with E-state index in [4.69, 9.17) is 23.8 Å². The third-order valence-electron chi connectivity index (χ3n) is 2.80. The highest BCUT2D eigenvalue weighted by Gasteiger charge is 2.18. The second-order valence-electron chi connectivity index (χ2n) is 4.62. The normalized spacial score (nSPS) is 10.7. The van der Waals surface area contributed by atoms with Gasteiger partial charge in [-0.1, -0.05) is 23.7 Å². The zero-order valence-electron chi connectivity index (χ0n) is 12.5. The van der Waals surface area contributed by atoms with E-state index in [9.17, 15) is 8.42 Å². The Morgan fingerprint density at radius 3 is 2.83 bits per heavy atom. The van der Waals surface area contributed by atoms with Gasteiger partial charge in [0.2, 0.25) is 4.32 Å². The van der Waals surface area contributed by atoms with Crippen LogP contribution in [0.5, 0.6) is 0 Å². The molecule has 1 aromatic heterocycles. The SMILES string of the molecule is C=CCNC(=S)S(=O)(=O)Nc1cnccc1Nc1cccc(Cl)c1. The quantitative estimate of drug-likeness (QED) is 0.525. The van der Waals surface area contributed by atoms with E-state index in [2.05, 4.69) is 26.9 Å². The van der Waals surface area contributed by atoms with Gasteiger partial charge in [0.05, 0.1) is 17.6 Å². The molecule has 0 aliphatic carbocycles. The molecule has 9 heteroatoms. The lowest BCUT2D eigenvalue weighted by atomic mass is 10.3. The summed E-state index contributed by atoms with van der Waals surface area (Å²) < 4.78 is 26.6. The average Bonchev–Trinajstić information content (AvgIpc) is 2.54. The van der Waals surface area contributed by atoms with Crippen molar-refractivity contribution in [2.24, 2.45) is 0 Å². The number of rotatable bonds is 6. The molecule has 0 radical (unpaired) electrons. The molecule has 1 heterocycles. The number of hydrogen-bond acceptors (Lipinski definition) is 5. The Balaban J connectivity index is 2.22. The van der Waals surface area contributed by atoms with Crippen molar-refractivity contribution < 1.29 is 8.42 Å². The second kappa shape index (κ2) is 8.09. The molecule has 24 heavy (non-hydrogen) atoms. The number of nitrogens with one attached hydrogen (secondary N) is 3. The summed E-state index contributed by atoms with van der Waals surface area (Å²) >= 11 is 10.8. The van der Waals surface area contributed by atoms with Crippen LogP contribution in [0.3, 0.4) is 0 Å². The molecule has 0 aliphatic heterocycles. The predicted octanol–water partition coefficient (Wildman–Crippen LogP) is 3.28. The van der Waals surface area contributed by atoms with Crippen LogP contribution in [0.4, 0.5) is 17.1 Å². The number of aromatic nitrogens is 1. The van der Waals surface area contributed by atoms with Crippen molar-refractivity contribution in [1.82, 2.24) is 10.3 Å². The fourth-order valence-corrected chi connectivity index (χ4v) is 2.96. The van der Waals surface area contributed by atoms with E-state index in [0.29, 0.717) is 16.4 Å². The molecule has 0 unspecified atom stereocenters. The third kappa shape index (κ3) is 4.92. The van der Waals surface area contributed by atoms with Crippen LogP contribution in [-0.2, 0) is 10.0 Å². The molecule has 3 N–H and O–H groups in total. The Morgan fingerprint density at radius 2 is 2.12 bits per heavy atom. The minimum absolute atomic E-state index is 0.250. The molecule has 6 nitrogen and oxygen atoms in total. The fourth-order valence-electron chi connectivity index (χ4n) is 1.75. The summed E-state index contributed by atoms with van der Waals surface area (Å²) in [6.45, 7) is 3.75. The van der Waals surface area contributed by atoms with E-state index in [1.54, 1.807) is 36.5 Å². The molecule has 2 aromatic rings. The molecule has 0 saturated carbocycles. The standard InChI is InChI=1S/C15H15ClN4O2S2/c1-2-7-18-15(23)24(21,22)20-14-10-17-8-6-13(14)19-12-5-3-4-11(16)9-12/h2-6,8-10,20H,1,7H2,(H,17,19)(H,18,23). The Labute approximate surface area is 151 Å². The highest BCUT2D eigenvalue weighted by molar-refractivity contribution is 8.17. The van der Waals surface area contributed by atoms with Crippen molar-refractivity contribution in [2.75, 3.05) is 16.6 Å². The Kier molecular flexibility index (Phi) is 6.13. The molecular formula is C15H15ClN4O2S2. The van der Waals surface area contributed by atoms with Gasteiger partial charge < -0.3 is 10.6 Å². The van der Waals surface area contributed by atoms with Gasteiger partial charge in [0.15, 0.2) is 0 Å². The number of thiocarbonyl (C=S) groups is 1. The Morgan fingerprint density at radius 1 is 1.33 bits per heavy atom. The van der Waals surface area contributed by atoms with Gasteiger partial charge in [-0.3, -0.25) is 9.71 Å². The molecule has 126 valence electrons. The maximum atomic E-state index is 12.2. The maximum absolute atomic E-state index is 12.2. The molecule has 1 aromatic carbocycles. The number of pyridine rings is 1. The van der Waals surface area contributed by atoms with Crippen LogP contribution in [0.25, 0.3) is 0 Å². The summed E-state index contributed by atoms with van der Waals surface area (Å²) in [6, 6.07) is 8.69. The van der Waals surface area contributed by atoms with Gasteiger partial charge >= 0.3 is 0 Å². The second-order valence-corrected chi connectivity index (χ2v) is 7.34. The van der Waals surface area contributed by atoms with E-state index in [-0.39, 0.29) is 16.6 Å². The van der Waals surface area contributed by atoms with Gasteiger partial charge in [-0.2, -0.15) is 8.42 Å². The summed E-state index contributed by atoms with van der Waals surface area (Å²) in [5, 5.41) is 6.22. The molecule has 0 atom stereocenters. The lowest BCUT2D eigenvalue weighted by Crippen LogP contribution is -2.33. The first-order valence-electron chi connectivity index (χ1n) is 6.80. The van der Waals surface area contributed by atoms with Crippen molar-refractivity contribution in [1.29, 1.82) is 0 Å². The highest BCUT2D eigenvalue weighted by atomic mass is 35.5. The van der Waals surface area contributed by atoms with Crippen LogP contribution in [0.2, 0.25) is 5.02 Å². The summed E-state index contributed by atoms with van der Waals surface area (Å²) in [5.74, 6) is 0. The van der Waals surface area contributed by atoms with Gasteiger partial charge in [-0.25, -0.2) is 0 Å². The molecule has 2 rings (SSSR count). The minimum atomic E-state index is -3.89. The summed E-state index contributed by atoms with van der Waals surface area (Å²) in [7, 11) is -3.89. The topological polar surface area (TPSA) is 83.1 Å². The number of halogens is 1. The van der Waals surface area contributed by atoms with Crippen molar-refractivity contribution in [3.8, 4) is 0 Å². The number of anilines is 3. The zero-order chi connectivity index (χ0) is 17.6. The molecule has 0 amide bonds. The summed E-state index contributed by atoms with van der Waals surface area (Å²) in [6.07, 6.45) is 4.44. The number of nitrogens with zero attached hydrogens (tertiary/aromatic N) is 1. The fraction of sp³-hybridized carbons (Fsp3) is 0.0667. The van der Waals surface area contributed by atoms with Crippen LogP contribution in [0, 0.1) is 0 Å². The zero-order valence-corrected chi connectivity index (χ0v) is 14.9. The maximum Gasteiger partial charge on any atom is 0.287 e. The van der Waals surface area contributed by atoms with E-state index in [1.807, 2.05) is 0 Å². The van der Waals surface area contributed by atoms with E-state index >= 15 is 0 Å². The summed E-state index contributed by atoms with van der Waals surface area (Å²) in [4.78, 5) is 3.94. The first-order chi connectivity index (χ1) is 11.4. The predicted molar refractivity (Wildman–Crippen MR) is 102 cm³/mol. The average molecular weight is 383 g/mol. The molecule has 0 saturated heterocycles. The highest BCUT2D eigenvalue weighted by Crippen LogP contribution is 2.26. The summed E-state index contributed by atoms with van der Waals surface area (Å²) in [5.41, 5.74) is 1.49. The van der Waals surface area contributed by atoms with Crippen molar-refractivity contribution >= 4 is 55.2 Å². The van der Waals surface area contributed by atoms with Gasteiger partial charge in [0, 0.05) is 23.5 Å². The van der Waals surface area contributed by atoms with Crippen molar-refractivity contribution in [3.05, 3.63) is 60.4 Å². The van der Waals surface area contributed by atoms with Gasteiger partial charge in [-0.05, 0) is 36.5 Å². The largest absolute Gasteiger partial charge is 0.362 e. The lowest BCUT2D eigenvalue weighted by Gasteiger charge is -2.14. The third-order valence-corrected chi connectivity index (χ3v) is 4.96. The van der Waals surface area contributed by atoms with Gasteiger partial charge in [0.25, 0.3) is 10.0 Å². The van der Waals surface area contributed by atoms with E-state index < -0.39 is 10.0 Å². The number of benzene rings is 1. The van der Waals surface area contributed by atoms with E-state index in [0.717, 1.165) is 0 Å². The van der Waals surface area contributed by atoms with Gasteiger partial charge in [0.1, 0.15) is 0 Å². The van der Waals surface area contributed by atoms with E-state index in [1.165, 1.54) is 12.3 Å². The van der Waals surface area contributed by atoms with Crippen molar-refractivity contribution in [2.45, 2.75) is 0 Å². The molecule has 0 bridgehead atoms. The number of sulfonamides is 1. The first-order valence-corrected chi connectivity index (χ1v) is 9.07. The van der Waals surface area contributed by atoms with Crippen LogP contribution in [0.15, 0.2) is 55.4 Å². The minimum Gasteiger partial charge on any atom is -0.362 e. The molecular weight excluding hydrogens is 368 g/mol. The monoisotopic (exact) mass is 382 g/mol. The van der Waals surface area contributed by atoms with Crippen molar-refractivity contribution in [3.63, 3.8) is 0 Å². The Bertz CT molecular complexity index is 856. The molecule has 0 fully saturated rings. The number of hydrogen-bond donors (Lipinski definition) is 3. The van der Waals surface area contributed by atoms with Crippen LogP contribution in [0.1, 0.15) is 0 Å². The molecule has 0 spiro atoms. The Hall–Kier alpha value is -2.16.